The fourth-order valence-electron chi connectivity index (χ4n) is 3.26. The Morgan fingerprint density at radius 3 is 2.86 bits per heavy atom. The molecule has 2 aromatic heterocycles. The van der Waals surface area contributed by atoms with Gasteiger partial charge in [0, 0.05) is 27.8 Å². The van der Waals surface area contributed by atoms with Crippen molar-refractivity contribution in [1.29, 1.82) is 0 Å². The molecule has 148 valence electrons. The first kappa shape index (κ1) is 19.4. The third-order valence-corrected chi connectivity index (χ3v) is 6.84. The Labute approximate surface area is 171 Å². The fraction of sp³-hybridized carbons (Fsp3) is 0.450. The lowest BCUT2D eigenvalue weighted by atomic mass is 10.1. The van der Waals surface area contributed by atoms with Gasteiger partial charge in [-0.25, -0.2) is 9.18 Å². The van der Waals surface area contributed by atoms with Gasteiger partial charge in [-0.2, -0.15) is 0 Å². The van der Waals surface area contributed by atoms with E-state index < -0.39 is 5.97 Å². The van der Waals surface area contributed by atoms with E-state index in [0.717, 1.165) is 28.5 Å². The van der Waals surface area contributed by atoms with E-state index in [1.54, 1.807) is 13.0 Å². The lowest BCUT2D eigenvalue weighted by Crippen LogP contribution is -2.06. The minimum absolute atomic E-state index is 0.288. The summed E-state index contributed by atoms with van der Waals surface area (Å²) in [7, 11) is 0. The van der Waals surface area contributed by atoms with E-state index in [9.17, 15) is 9.18 Å². The molecule has 1 saturated carbocycles. The van der Waals surface area contributed by atoms with Crippen molar-refractivity contribution in [2.45, 2.75) is 56.5 Å². The number of carbonyl (C=O) groups excluding carboxylic acids is 1. The van der Waals surface area contributed by atoms with Crippen molar-refractivity contribution in [3.63, 3.8) is 0 Å². The molecule has 0 spiro atoms. The summed E-state index contributed by atoms with van der Waals surface area (Å²) in [5.41, 5.74) is 0.679. The summed E-state index contributed by atoms with van der Waals surface area (Å²) in [6.45, 7) is 6.28. The Hall–Kier alpha value is -1.93. The van der Waals surface area contributed by atoms with Crippen LogP contribution in [0.25, 0.3) is 10.1 Å². The number of esters is 1. The number of thiophene rings is 1. The van der Waals surface area contributed by atoms with Crippen molar-refractivity contribution in [1.82, 2.24) is 14.8 Å². The van der Waals surface area contributed by atoms with Crippen LogP contribution >= 0.6 is 23.1 Å². The van der Waals surface area contributed by atoms with Crippen LogP contribution in [0, 0.1) is 5.82 Å². The van der Waals surface area contributed by atoms with Crippen molar-refractivity contribution in [3.8, 4) is 0 Å². The largest absolute Gasteiger partial charge is 0.462 e. The number of fused-ring (bicyclic) bond motifs is 1. The fourth-order valence-corrected chi connectivity index (χ4v) is 5.52. The zero-order valence-electron chi connectivity index (χ0n) is 16.1. The van der Waals surface area contributed by atoms with Crippen molar-refractivity contribution in [3.05, 3.63) is 40.3 Å². The number of rotatable bonds is 7. The zero-order valence-corrected chi connectivity index (χ0v) is 17.7. The van der Waals surface area contributed by atoms with Crippen LogP contribution in [0.3, 0.4) is 0 Å². The molecule has 0 aliphatic heterocycles. The highest BCUT2D eigenvalue weighted by atomic mass is 32.2. The van der Waals surface area contributed by atoms with Crippen LogP contribution in [-0.4, -0.2) is 27.3 Å². The zero-order chi connectivity index (χ0) is 19.8. The number of carbonyl (C=O) groups is 1. The molecule has 0 radical (unpaired) electrons. The smallest absolute Gasteiger partial charge is 0.348 e. The summed E-state index contributed by atoms with van der Waals surface area (Å²) in [5.74, 6) is 1.00. The predicted molar refractivity (Wildman–Crippen MR) is 110 cm³/mol. The van der Waals surface area contributed by atoms with E-state index in [4.69, 9.17) is 4.74 Å². The van der Waals surface area contributed by atoms with Crippen molar-refractivity contribution in [2.75, 3.05) is 6.61 Å². The molecule has 1 aliphatic carbocycles. The van der Waals surface area contributed by atoms with Gasteiger partial charge in [-0.15, -0.1) is 21.5 Å². The van der Waals surface area contributed by atoms with Gasteiger partial charge in [0.25, 0.3) is 0 Å². The average Bonchev–Trinajstić information content (AvgIpc) is 3.28. The molecule has 0 unspecified atom stereocenters. The molecule has 1 aliphatic rings. The number of nitrogens with zero attached hydrogens (tertiary/aromatic N) is 3. The Balaban J connectivity index is 1.70. The summed E-state index contributed by atoms with van der Waals surface area (Å²) < 4.78 is 22.7. The molecule has 2 heterocycles. The van der Waals surface area contributed by atoms with E-state index in [2.05, 4.69) is 28.6 Å². The standard InChI is InChI=1S/C20H22FN3O2S2/c1-4-26-19(25)17-13(16-14(21)6-5-7-15(16)28-17)10-27-20-23-22-18(11(2)3)24(20)12-8-9-12/h5-7,11-12H,4,8-10H2,1-3H3. The Bertz CT molecular complexity index is 1020. The van der Waals surface area contributed by atoms with Crippen LogP contribution in [-0.2, 0) is 10.5 Å². The van der Waals surface area contributed by atoms with Crippen molar-refractivity contribution >= 4 is 39.2 Å². The molecule has 0 saturated heterocycles. The predicted octanol–water partition coefficient (Wildman–Crippen LogP) is 5.56. The second-order valence-corrected chi connectivity index (χ2v) is 9.12. The van der Waals surface area contributed by atoms with E-state index in [1.807, 2.05) is 6.07 Å². The van der Waals surface area contributed by atoms with Gasteiger partial charge in [-0.1, -0.05) is 31.7 Å². The highest BCUT2D eigenvalue weighted by molar-refractivity contribution is 7.98. The molecular weight excluding hydrogens is 397 g/mol. The van der Waals surface area contributed by atoms with Crippen molar-refractivity contribution < 1.29 is 13.9 Å². The number of benzene rings is 1. The topological polar surface area (TPSA) is 57.0 Å². The van der Waals surface area contributed by atoms with Gasteiger partial charge < -0.3 is 9.30 Å². The number of hydrogen-bond acceptors (Lipinski definition) is 6. The number of hydrogen-bond donors (Lipinski definition) is 0. The van der Waals surface area contributed by atoms with E-state index >= 15 is 0 Å². The Morgan fingerprint density at radius 1 is 1.39 bits per heavy atom. The minimum Gasteiger partial charge on any atom is -0.462 e. The monoisotopic (exact) mass is 419 g/mol. The van der Waals surface area contributed by atoms with Gasteiger partial charge in [0.05, 0.1) is 6.61 Å². The maximum Gasteiger partial charge on any atom is 0.348 e. The first-order valence-corrected chi connectivity index (χ1v) is 11.3. The Morgan fingerprint density at radius 2 is 2.18 bits per heavy atom. The van der Waals surface area contributed by atoms with Crippen LogP contribution < -0.4 is 0 Å². The molecule has 0 atom stereocenters. The quantitative estimate of drug-likeness (QED) is 0.371. The van der Waals surface area contributed by atoms with Crippen LogP contribution in [0.2, 0.25) is 0 Å². The number of aromatic nitrogens is 3. The summed E-state index contributed by atoms with van der Waals surface area (Å²) >= 11 is 2.79. The van der Waals surface area contributed by atoms with Crippen molar-refractivity contribution in [2.24, 2.45) is 0 Å². The van der Waals surface area contributed by atoms with Gasteiger partial charge in [0.15, 0.2) is 5.16 Å². The summed E-state index contributed by atoms with van der Waals surface area (Å²) in [5, 5.41) is 10.1. The first-order valence-electron chi connectivity index (χ1n) is 9.45. The summed E-state index contributed by atoms with van der Waals surface area (Å²) in [6.07, 6.45) is 2.27. The third kappa shape index (κ3) is 3.55. The van der Waals surface area contributed by atoms with Gasteiger partial charge in [0.1, 0.15) is 16.5 Å². The van der Waals surface area contributed by atoms with Gasteiger partial charge >= 0.3 is 5.97 Å². The molecule has 1 aromatic carbocycles. The van der Waals surface area contributed by atoms with Crippen LogP contribution in [0.1, 0.15) is 66.6 Å². The van der Waals surface area contributed by atoms with Gasteiger partial charge in [0.2, 0.25) is 0 Å². The summed E-state index contributed by atoms with van der Waals surface area (Å²) in [6, 6.07) is 5.39. The molecule has 0 amide bonds. The molecule has 0 bridgehead atoms. The van der Waals surface area contributed by atoms with E-state index in [-0.39, 0.29) is 18.3 Å². The lowest BCUT2D eigenvalue weighted by molar-refractivity contribution is 0.0531. The second-order valence-electron chi connectivity index (χ2n) is 7.13. The highest BCUT2D eigenvalue weighted by Crippen LogP contribution is 2.42. The molecule has 5 nitrogen and oxygen atoms in total. The molecule has 1 fully saturated rings. The number of thioether (sulfide) groups is 1. The SMILES string of the molecule is CCOC(=O)c1sc2cccc(F)c2c1CSc1nnc(C(C)C)n1C1CC1. The second kappa shape index (κ2) is 7.83. The Kier molecular flexibility index (Phi) is 5.42. The van der Waals surface area contributed by atoms with Crippen LogP contribution in [0.5, 0.6) is 0 Å². The molecule has 8 heteroatoms. The maximum atomic E-state index is 14.6. The molecule has 3 aromatic rings. The average molecular weight is 420 g/mol. The molecule has 28 heavy (non-hydrogen) atoms. The normalized spacial score (nSPS) is 14.2. The molecular formula is C20H22FN3O2S2. The molecule has 4 rings (SSSR count). The van der Waals surface area contributed by atoms with Crippen LogP contribution in [0.4, 0.5) is 4.39 Å². The molecule has 0 N–H and O–H groups in total. The van der Waals surface area contributed by atoms with Crippen LogP contribution in [0.15, 0.2) is 23.4 Å². The van der Waals surface area contributed by atoms with Gasteiger partial charge in [-0.05, 0) is 37.5 Å². The minimum atomic E-state index is -0.398. The number of halogens is 1. The first-order chi connectivity index (χ1) is 13.5. The lowest BCUT2D eigenvalue weighted by Gasteiger charge is -2.11. The summed E-state index contributed by atoms with van der Waals surface area (Å²) in [4.78, 5) is 12.9. The van der Waals surface area contributed by atoms with E-state index in [1.165, 1.54) is 29.2 Å². The maximum absolute atomic E-state index is 14.6. The highest BCUT2D eigenvalue weighted by Gasteiger charge is 2.31. The van der Waals surface area contributed by atoms with Gasteiger partial charge in [-0.3, -0.25) is 0 Å². The third-order valence-electron chi connectivity index (χ3n) is 4.69. The number of ether oxygens (including phenoxy) is 1. The van der Waals surface area contributed by atoms with E-state index in [0.29, 0.717) is 27.6 Å².